The molecule has 0 spiro atoms. The Balaban J connectivity index is 2.44. The number of aromatic nitrogens is 1. The van der Waals surface area contributed by atoms with E-state index in [-0.39, 0.29) is 5.41 Å². The number of carbonyl (C=O) groups excluding carboxylic acids is 1. The van der Waals surface area contributed by atoms with Crippen molar-refractivity contribution in [2.45, 2.75) is 26.2 Å². The molecule has 0 saturated carbocycles. The van der Waals surface area contributed by atoms with Gasteiger partial charge >= 0.3 is 0 Å². The normalized spacial score (nSPS) is 11.2. The van der Waals surface area contributed by atoms with E-state index in [9.17, 15) is 4.79 Å². The summed E-state index contributed by atoms with van der Waals surface area (Å²) >= 11 is 0. The van der Waals surface area contributed by atoms with E-state index in [1.807, 2.05) is 18.2 Å². The van der Waals surface area contributed by atoms with Crippen LogP contribution in [0, 0.1) is 0 Å². The van der Waals surface area contributed by atoms with Gasteiger partial charge in [-0.2, -0.15) is 0 Å². The van der Waals surface area contributed by atoms with Crippen LogP contribution >= 0.6 is 0 Å². The molecule has 1 amide bonds. The monoisotopic (exact) mass is 269 g/mol. The number of hydrogen-bond acceptors (Lipinski definition) is 3. The highest BCUT2D eigenvalue weighted by Gasteiger charge is 2.18. The lowest BCUT2D eigenvalue weighted by molar-refractivity contribution is 0.100. The van der Waals surface area contributed by atoms with Crippen LogP contribution in [-0.4, -0.2) is 10.9 Å². The second-order valence-corrected chi connectivity index (χ2v) is 5.68. The topological polar surface area (TPSA) is 68.0 Å². The smallest absolute Gasteiger partial charge is 0.252 e. The molecule has 20 heavy (non-hydrogen) atoms. The van der Waals surface area contributed by atoms with Crippen molar-refractivity contribution in [2.75, 3.05) is 5.32 Å². The maximum atomic E-state index is 11.4. The molecule has 0 atom stereocenters. The third-order valence-corrected chi connectivity index (χ3v) is 3.06. The summed E-state index contributed by atoms with van der Waals surface area (Å²) in [7, 11) is 0. The van der Waals surface area contributed by atoms with Gasteiger partial charge in [0.05, 0.1) is 5.56 Å². The molecular weight excluding hydrogens is 250 g/mol. The van der Waals surface area contributed by atoms with Gasteiger partial charge < -0.3 is 11.1 Å². The third kappa shape index (κ3) is 2.96. The van der Waals surface area contributed by atoms with E-state index in [0.717, 1.165) is 11.3 Å². The van der Waals surface area contributed by atoms with Crippen molar-refractivity contribution in [1.29, 1.82) is 0 Å². The lowest BCUT2D eigenvalue weighted by Gasteiger charge is -2.23. The second-order valence-electron chi connectivity index (χ2n) is 5.68. The largest absolute Gasteiger partial charge is 0.365 e. The van der Waals surface area contributed by atoms with E-state index in [1.54, 1.807) is 18.3 Å². The van der Waals surface area contributed by atoms with Gasteiger partial charge in [0, 0.05) is 11.9 Å². The fraction of sp³-hybridized carbons (Fsp3) is 0.250. The average molecular weight is 269 g/mol. The molecule has 0 aliphatic carbocycles. The molecule has 0 aliphatic rings. The van der Waals surface area contributed by atoms with E-state index in [1.165, 1.54) is 0 Å². The first-order valence-electron chi connectivity index (χ1n) is 6.51. The Morgan fingerprint density at radius 1 is 1.15 bits per heavy atom. The van der Waals surface area contributed by atoms with Crippen LogP contribution in [0.4, 0.5) is 11.5 Å². The van der Waals surface area contributed by atoms with Crippen molar-refractivity contribution in [3.05, 3.63) is 53.7 Å². The molecule has 0 bridgehead atoms. The predicted octanol–water partition coefficient (Wildman–Crippen LogP) is 3.22. The van der Waals surface area contributed by atoms with E-state index >= 15 is 0 Å². The van der Waals surface area contributed by atoms with E-state index in [2.05, 4.69) is 37.1 Å². The van der Waals surface area contributed by atoms with Gasteiger partial charge in [0.2, 0.25) is 0 Å². The number of nitrogens with one attached hydrogen (secondary N) is 1. The number of rotatable bonds is 3. The van der Waals surface area contributed by atoms with Crippen molar-refractivity contribution < 1.29 is 4.79 Å². The Morgan fingerprint density at radius 3 is 2.50 bits per heavy atom. The Bertz CT molecular complexity index is 630. The zero-order chi connectivity index (χ0) is 14.8. The molecule has 104 valence electrons. The van der Waals surface area contributed by atoms with E-state index < -0.39 is 5.91 Å². The summed E-state index contributed by atoms with van der Waals surface area (Å²) in [6.45, 7) is 6.42. The number of primary amides is 1. The summed E-state index contributed by atoms with van der Waals surface area (Å²) in [4.78, 5) is 15.6. The summed E-state index contributed by atoms with van der Waals surface area (Å²) in [5.74, 6) is -0.00876. The number of benzene rings is 1. The number of nitrogens with two attached hydrogens (primary N) is 1. The molecule has 2 aromatic rings. The van der Waals surface area contributed by atoms with Crippen LogP contribution in [0.25, 0.3) is 0 Å². The van der Waals surface area contributed by atoms with E-state index in [0.29, 0.717) is 11.4 Å². The van der Waals surface area contributed by atoms with Gasteiger partial charge in [-0.1, -0.05) is 39.0 Å². The van der Waals surface area contributed by atoms with Crippen LogP contribution in [0.2, 0.25) is 0 Å². The van der Waals surface area contributed by atoms with Crippen molar-refractivity contribution in [3.8, 4) is 0 Å². The molecule has 0 aliphatic heterocycles. The molecule has 0 saturated heterocycles. The van der Waals surface area contributed by atoms with Crippen LogP contribution in [0.3, 0.4) is 0 Å². The molecule has 4 nitrogen and oxygen atoms in total. The minimum atomic E-state index is -0.492. The van der Waals surface area contributed by atoms with Crippen molar-refractivity contribution in [1.82, 2.24) is 4.98 Å². The van der Waals surface area contributed by atoms with Gasteiger partial charge in [-0.05, 0) is 29.2 Å². The first kappa shape index (κ1) is 14.1. The summed E-state index contributed by atoms with van der Waals surface area (Å²) in [5, 5.41) is 3.22. The van der Waals surface area contributed by atoms with Crippen LogP contribution in [0.5, 0.6) is 0 Å². The van der Waals surface area contributed by atoms with Crippen LogP contribution in [-0.2, 0) is 5.41 Å². The first-order chi connectivity index (χ1) is 9.39. The molecule has 3 N–H and O–H groups in total. The quantitative estimate of drug-likeness (QED) is 0.899. The number of amides is 1. The minimum Gasteiger partial charge on any atom is -0.365 e. The lowest BCUT2D eigenvalue weighted by Crippen LogP contribution is -2.16. The maximum absolute atomic E-state index is 11.4. The average Bonchev–Trinajstić information content (AvgIpc) is 2.38. The fourth-order valence-electron chi connectivity index (χ4n) is 2.08. The first-order valence-corrected chi connectivity index (χ1v) is 6.51. The minimum absolute atomic E-state index is 0.00867. The van der Waals surface area contributed by atoms with Crippen LogP contribution < -0.4 is 11.1 Å². The second kappa shape index (κ2) is 5.33. The maximum Gasteiger partial charge on any atom is 0.252 e. The number of carbonyl (C=O) groups is 1. The van der Waals surface area contributed by atoms with Crippen molar-refractivity contribution in [3.63, 3.8) is 0 Å². The predicted molar refractivity (Wildman–Crippen MR) is 81.2 cm³/mol. The summed E-state index contributed by atoms with van der Waals surface area (Å²) in [6, 6.07) is 11.3. The molecule has 0 unspecified atom stereocenters. The number of para-hydroxylation sites is 1. The molecule has 0 radical (unpaired) electrons. The Kier molecular flexibility index (Phi) is 3.74. The summed E-state index contributed by atoms with van der Waals surface area (Å²) in [5.41, 5.74) is 7.84. The summed E-state index contributed by atoms with van der Waals surface area (Å²) in [6.07, 6.45) is 1.63. The van der Waals surface area contributed by atoms with Gasteiger partial charge in [-0.15, -0.1) is 0 Å². The molecule has 2 rings (SSSR count). The highest BCUT2D eigenvalue weighted by molar-refractivity contribution is 5.98. The molecule has 4 heteroatoms. The van der Waals surface area contributed by atoms with Crippen molar-refractivity contribution >= 4 is 17.4 Å². The highest BCUT2D eigenvalue weighted by atomic mass is 16.1. The third-order valence-electron chi connectivity index (χ3n) is 3.06. The molecule has 1 aromatic heterocycles. The molecule has 1 heterocycles. The van der Waals surface area contributed by atoms with E-state index in [4.69, 9.17) is 5.73 Å². The Labute approximate surface area is 119 Å². The van der Waals surface area contributed by atoms with Gasteiger partial charge in [0.25, 0.3) is 5.91 Å². The zero-order valence-corrected chi connectivity index (χ0v) is 12.0. The van der Waals surface area contributed by atoms with Gasteiger partial charge in [0.15, 0.2) is 0 Å². The van der Waals surface area contributed by atoms with Crippen LogP contribution in [0.15, 0.2) is 42.6 Å². The fourth-order valence-corrected chi connectivity index (χ4v) is 2.08. The number of pyridine rings is 1. The molecule has 0 fully saturated rings. The zero-order valence-electron chi connectivity index (χ0n) is 12.0. The molecular formula is C16H19N3O. The highest BCUT2D eigenvalue weighted by Crippen LogP contribution is 2.31. The lowest BCUT2D eigenvalue weighted by atomic mass is 9.86. The van der Waals surface area contributed by atoms with Gasteiger partial charge in [-0.3, -0.25) is 4.79 Å². The standard InChI is InChI=1S/C16H19N3O/c1-16(2,3)12-8-4-5-9-13(12)19-15-11(14(17)20)7-6-10-18-15/h4-10H,1-3H3,(H2,17,20)(H,18,19). The number of hydrogen-bond donors (Lipinski definition) is 2. The number of anilines is 2. The van der Waals surface area contributed by atoms with Gasteiger partial charge in [-0.25, -0.2) is 4.98 Å². The van der Waals surface area contributed by atoms with Crippen molar-refractivity contribution in [2.24, 2.45) is 5.73 Å². The SMILES string of the molecule is CC(C)(C)c1ccccc1Nc1ncccc1C(N)=O. The Morgan fingerprint density at radius 2 is 1.85 bits per heavy atom. The summed E-state index contributed by atoms with van der Waals surface area (Å²) < 4.78 is 0. The Hall–Kier alpha value is -2.36. The van der Waals surface area contributed by atoms with Crippen LogP contribution in [0.1, 0.15) is 36.7 Å². The number of nitrogens with zero attached hydrogens (tertiary/aromatic N) is 1. The molecule has 1 aromatic carbocycles. The van der Waals surface area contributed by atoms with Gasteiger partial charge in [0.1, 0.15) is 5.82 Å².